The van der Waals surface area contributed by atoms with E-state index in [1.54, 1.807) is 12.1 Å². The lowest BCUT2D eigenvalue weighted by molar-refractivity contribution is -0.384. The summed E-state index contributed by atoms with van der Waals surface area (Å²) in [7, 11) is 0. The van der Waals surface area contributed by atoms with Crippen LogP contribution in [0.3, 0.4) is 0 Å². The number of benzene rings is 1. The van der Waals surface area contributed by atoms with Gasteiger partial charge in [0, 0.05) is 15.9 Å². The van der Waals surface area contributed by atoms with Crippen molar-refractivity contribution in [1.82, 2.24) is 4.98 Å². The third-order valence-electron chi connectivity index (χ3n) is 3.72. The molecule has 2 aromatic rings. The fourth-order valence-electron chi connectivity index (χ4n) is 2.71. The van der Waals surface area contributed by atoms with E-state index in [2.05, 4.69) is 26.2 Å². The van der Waals surface area contributed by atoms with Gasteiger partial charge in [0.05, 0.1) is 10.4 Å². The zero-order valence-corrected chi connectivity index (χ0v) is 12.6. The molecule has 0 spiro atoms. The van der Waals surface area contributed by atoms with Crippen molar-refractivity contribution in [2.24, 2.45) is 0 Å². The first-order valence-corrected chi connectivity index (χ1v) is 7.47. The van der Waals surface area contributed by atoms with Gasteiger partial charge in [-0.15, -0.1) is 0 Å². The summed E-state index contributed by atoms with van der Waals surface area (Å²) < 4.78 is 14.1. The minimum absolute atomic E-state index is 0.0803. The van der Waals surface area contributed by atoms with Crippen LogP contribution in [0.4, 0.5) is 15.8 Å². The minimum atomic E-state index is -0.832. The lowest BCUT2D eigenvalue weighted by atomic mass is 10.1. The first kappa shape index (κ1) is 14.2. The number of alkyl halides is 1. The van der Waals surface area contributed by atoms with E-state index in [0.29, 0.717) is 35.9 Å². The standard InChI is InChI=1S/C14H13BrFN3O2/c15-8-1-4-12-11(5-8)14(13(7-17-12)19(20)21)18-10-3-2-9(16)6-10/h1,4-5,7,9-10H,2-3,6H2,(H,17,18)/t9-,10+/m1/s1. The van der Waals surface area contributed by atoms with E-state index in [0.717, 1.165) is 4.47 Å². The molecule has 0 radical (unpaired) electrons. The van der Waals surface area contributed by atoms with Crippen molar-refractivity contribution in [2.45, 2.75) is 31.5 Å². The summed E-state index contributed by atoms with van der Waals surface area (Å²) in [4.78, 5) is 14.9. The fourth-order valence-corrected chi connectivity index (χ4v) is 3.07. The number of hydrogen-bond donors (Lipinski definition) is 1. The topological polar surface area (TPSA) is 68.1 Å². The second kappa shape index (κ2) is 5.55. The number of pyridine rings is 1. The van der Waals surface area contributed by atoms with Crippen LogP contribution in [0.2, 0.25) is 0 Å². The molecule has 1 heterocycles. The van der Waals surface area contributed by atoms with E-state index in [1.807, 2.05) is 6.07 Å². The van der Waals surface area contributed by atoms with E-state index in [4.69, 9.17) is 0 Å². The first-order chi connectivity index (χ1) is 10.0. The van der Waals surface area contributed by atoms with Gasteiger partial charge in [-0.3, -0.25) is 10.1 Å². The summed E-state index contributed by atoms with van der Waals surface area (Å²) >= 11 is 3.37. The lowest BCUT2D eigenvalue weighted by Gasteiger charge is -2.15. The van der Waals surface area contributed by atoms with Crippen LogP contribution in [0.25, 0.3) is 10.9 Å². The van der Waals surface area contributed by atoms with Crippen molar-refractivity contribution >= 4 is 38.2 Å². The van der Waals surface area contributed by atoms with Crippen LogP contribution in [-0.4, -0.2) is 22.1 Å². The molecule has 0 saturated heterocycles. The number of hydrogen-bond acceptors (Lipinski definition) is 4. The molecule has 1 fully saturated rings. The molecule has 1 aliphatic carbocycles. The Hall–Kier alpha value is -1.76. The number of rotatable bonds is 3. The average Bonchev–Trinajstić information content (AvgIpc) is 2.84. The monoisotopic (exact) mass is 353 g/mol. The molecule has 0 unspecified atom stereocenters. The predicted molar refractivity (Wildman–Crippen MR) is 82.3 cm³/mol. The van der Waals surface area contributed by atoms with Crippen molar-refractivity contribution in [3.8, 4) is 0 Å². The molecule has 2 atom stereocenters. The summed E-state index contributed by atoms with van der Waals surface area (Å²) in [6.45, 7) is 0. The SMILES string of the molecule is O=[N+]([O-])c1cnc2ccc(Br)cc2c1N[C@H]1CC[C@@H](F)C1. The van der Waals surface area contributed by atoms with Crippen molar-refractivity contribution in [1.29, 1.82) is 0 Å². The average molecular weight is 354 g/mol. The van der Waals surface area contributed by atoms with Gasteiger partial charge >= 0.3 is 5.69 Å². The number of nitrogens with one attached hydrogen (secondary N) is 1. The highest BCUT2D eigenvalue weighted by Gasteiger charge is 2.27. The number of nitro groups is 1. The maximum atomic E-state index is 13.3. The van der Waals surface area contributed by atoms with E-state index < -0.39 is 11.1 Å². The molecular weight excluding hydrogens is 341 g/mol. The van der Waals surface area contributed by atoms with Crippen LogP contribution >= 0.6 is 15.9 Å². The Morgan fingerprint density at radius 1 is 1.43 bits per heavy atom. The van der Waals surface area contributed by atoms with Crippen molar-refractivity contribution < 1.29 is 9.31 Å². The summed E-state index contributed by atoms with van der Waals surface area (Å²) in [5.74, 6) is 0. The number of halogens is 2. The quantitative estimate of drug-likeness (QED) is 0.662. The molecule has 1 aromatic heterocycles. The van der Waals surface area contributed by atoms with Gasteiger partial charge in [0.25, 0.3) is 0 Å². The summed E-state index contributed by atoms with van der Waals surface area (Å²) in [5, 5.41) is 15.0. The molecule has 1 N–H and O–H groups in total. The van der Waals surface area contributed by atoms with Gasteiger partial charge in [-0.2, -0.15) is 0 Å². The van der Waals surface area contributed by atoms with Crippen molar-refractivity contribution in [2.75, 3.05) is 5.32 Å². The second-order valence-corrected chi connectivity index (χ2v) is 6.10. The summed E-state index contributed by atoms with van der Waals surface area (Å²) in [5.41, 5.74) is 1.01. The smallest absolute Gasteiger partial charge is 0.311 e. The number of nitrogens with zero attached hydrogens (tertiary/aromatic N) is 2. The molecule has 3 rings (SSSR count). The van der Waals surface area contributed by atoms with E-state index in [9.17, 15) is 14.5 Å². The molecule has 5 nitrogen and oxygen atoms in total. The maximum absolute atomic E-state index is 13.3. The Balaban J connectivity index is 2.09. The highest BCUT2D eigenvalue weighted by atomic mass is 79.9. The molecule has 21 heavy (non-hydrogen) atoms. The normalized spacial score (nSPS) is 21.6. The number of fused-ring (bicyclic) bond motifs is 1. The van der Waals surface area contributed by atoms with Gasteiger partial charge in [-0.25, -0.2) is 9.37 Å². The minimum Gasteiger partial charge on any atom is -0.376 e. The van der Waals surface area contributed by atoms with E-state index in [-0.39, 0.29) is 11.7 Å². The Kier molecular flexibility index (Phi) is 3.75. The zero-order chi connectivity index (χ0) is 15.0. The van der Waals surface area contributed by atoms with Gasteiger partial charge < -0.3 is 5.32 Å². The number of anilines is 1. The fraction of sp³-hybridized carbons (Fsp3) is 0.357. The Morgan fingerprint density at radius 2 is 2.24 bits per heavy atom. The lowest BCUT2D eigenvalue weighted by Crippen LogP contribution is -2.17. The Labute approximate surface area is 128 Å². The van der Waals surface area contributed by atoms with Gasteiger partial charge in [0.1, 0.15) is 18.1 Å². The highest BCUT2D eigenvalue weighted by molar-refractivity contribution is 9.10. The maximum Gasteiger partial charge on any atom is 0.311 e. The molecular formula is C14H13BrFN3O2. The zero-order valence-electron chi connectivity index (χ0n) is 11.1. The third-order valence-corrected chi connectivity index (χ3v) is 4.22. The third kappa shape index (κ3) is 2.83. The van der Waals surface area contributed by atoms with Gasteiger partial charge in [-0.05, 0) is 37.5 Å². The van der Waals surface area contributed by atoms with Crippen molar-refractivity contribution in [3.05, 3.63) is 39.0 Å². The van der Waals surface area contributed by atoms with Gasteiger partial charge in [-0.1, -0.05) is 15.9 Å². The number of aromatic nitrogens is 1. The largest absolute Gasteiger partial charge is 0.376 e. The Morgan fingerprint density at radius 3 is 2.90 bits per heavy atom. The highest BCUT2D eigenvalue weighted by Crippen LogP contribution is 2.35. The van der Waals surface area contributed by atoms with Crippen LogP contribution in [0.15, 0.2) is 28.9 Å². The Bertz CT molecular complexity index is 710. The van der Waals surface area contributed by atoms with E-state index >= 15 is 0 Å². The van der Waals surface area contributed by atoms with Crippen LogP contribution < -0.4 is 5.32 Å². The van der Waals surface area contributed by atoms with Crippen LogP contribution in [-0.2, 0) is 0 Å². The van der Waals surface area contributed by atoms with Crippen LogP contribution in [0, 0.1) is 10.1 Å². The molecule has 110 valence electrons. The molecule has 0 aliphatic heterocycles. The predicted octanol–water partition coefficient (Wildman–Crippen LogP) is 4.21. The first-order valence-electron chi connectivity index (χ1n) is 6.68. The molecule has 0 bridgehead atoms. The second-order valence-electron chi connectivity index (χ2n) is 5.19. The van der Waals surface area contributed by atoms with Gasteiger partial charge in [0.2, 0.25) is 0 Å². The molecule has 0 amide bonds. The molecule has 1 saturated carbocycles. The molecule has 1 aliphatic rings. The molecule has 7 heteroatoms. The summed E-state index contributed by atoms with van der Waals surface area (Å²) in [6, 6.07) is 5.33. The summed E-state index contributed by atoms with van der Waals surface area (Å²) in [6.07, 6.45) is 1.98. The van der Waals surface area contributed by atoms with Gasteiger partial charge in [0.15, 0.2) is 0 Å². The van der Waals surface area contributed by atoms with E-state index in [1.165, 1.54) is 6.20 Å². The van der Waals surface area contributed by atoms with Crippen LogP contribution in [0.5, 0.6) is 0 Å². The van der Waals surface area contributed by atoms with Crippen molar-refractivity contribution in [3.63, 3.8) is 0 Å². The molecule has 1 aromatic carbocycles. The van der Waals surface area contributed by atoms with Crippen LogP contribution in [0.1, 0.15) is 19.3 Å².